The number of amides is 1. The Morgan fingerprint density at radius 2 is 2.25 bits per heavy atom. The molecular weight excluding hydrogens is 268 g/mol. The van der Waals surface area contributed by atoms with Crippen LogP contribution in [0.25, 0.3) is 0 Å². The second kappa shape index (κ2) is 7.20. The molecule has 2 rings (SSSR count). The van der Waals surface area contributed by atoms with E-state index in [-0.39, 0.29) is 5.91 Å². The number of rotatable bonds is 6. The van der Waals surface area contributed by atoms with Crippen LogP contribution in [0.4, 0.5) is 5.13 Å². The predicted molar refractivity (Wildman–Crippen MR) is 84.3 cm³/mol. The summed E-state index contributed by atoms with van der Waals surface area (Å²) in [6.07, 6.45) is 5.24. The smallest absolute Gasteiger partial charge is 0.226 e. The van der Waals surface area contributed by atoms with Crippen molar-refractivity contribution in [2.75, 3.05) is 5.32 Å². The van der Waals surface area contributed by atoms with Crippen molar-refractivity contribution < 1.29 is 4.79 Å². The summed E-state index contributed by atoms with van der Waals surface area (Å²) < 4.78 is 0. The first-order chi connectivity index (χ1) is 9.67. The van der Waals surface area contributed by atoms with Crippen LogP contribution in [0.15, 0.2) is 30.5 Å². The molecule has 0 aliphatic carbocycles. The van der Waals surface area contributed by atoms with Crippen LogP contribution in [0.5, 0.6) is 0 Å². The summed E-state index contributed by atoms with van der Waals surface area (Å²) in [7, 11) is 0. The molecule has 0 unspecified atom stereocenters. The number of aromatic nitrogens is 1. The van der Waals surface area contributed by atoms with Gasteiger partial charge in [-0.1, -0.05) is 43.2 Å². The van der Waals surface area contributed by atoms with Crippen LogP contribution in [0.1, 0.15) is 42.2 Å². The lowest BCUT2D eigenvalue weighted by Crippen LogP contribution is -2.10. The lowest BCUT2D eigenvalue weighted by molar-refractivity contribution is -0.116. The molecular formula is C16H20N2OS. The van der Waals surface area contributed by atoms with Crippen LogP contribution in [0.3, 0.4) is 0 Å². The molecule has 0 saturated carbocycles. The van der Waals surface area contributed by atoms with Gasteiger partial charge in [-0.3, -0.25) is 4.79 Å². The van der Waals surface area contributed by atoms with Gasteiger partial charge in [0.2, 0.25) is 5.91 Å². The summed E-state index contributed by atoms with van der Waals surface area (Å²) in [4.78, 5) is 17.1. The van der Waals surface area contributed by atoms with E-state index in [1.54, 1.807) is 11.3 Å². The minimum absolute atomic E-state index is 0.0586. The number of aryl methyl sites for hydroxylation is 1. The Labute approximate surface area is 124 Å². The Bertz CT molecular complexity index is 577. The largest absolute Gasteiger partial charge is 0.302 e. The Balaban J connectivity index is 1.93. The number of unbranched alkanes of at least 4 members (excludes halogenated alkanes) is 1. The SMILES string of the molecule is CCCCC(=O)Nc1ncc(Cc2cccc(C)c2)s1. The maximum absolute atomic E-state index is 11.6. The Kier molecular flexibility index (Phi) is 5.30. The molecule has 106 valence electrons. The van der Waals surface area contributed by atoms with E-state index in [0.717, 1.165) is 19.3 Å². The summed E-state index contributed by atoms with van der Waals surface area (Å²) in [5, 5.41) is 3.57. The van der Waals surface area contributed by atoms with E-state index in [4.69, 9.17) is 0 Å². The van der Waals surface area contributed by atoms with Crippen LogP contribution >= 0.6 is 11.3 Å². The van der Waals surface area contributed by atoms with Crippen LogP contribution in [-0.2, 0) is 11.2 Å². The van der Waals surface area contributed by atoms with Gasteiger partial charge in [0, 0.05) is 23.9 Å². The van der Waals surface area contributed by atoms with Crippen molar-refractivity contribution in [2.45, 2.75) is 39.5 Å². The van der Waals surface area contributed by atoms with Gasteiger partial charge in [0.05, 0.1) is 0 Å². The third kappa shape index (κ3) is 4.46. The maximum atomic E-state index is 11.6. The second-order valence-electron chi connectivity index (χ2n) is 4.95. The topological polar surface area (TPSA) is 42.0 Å². The lowest BCUT2D eigenvalue weighted by Gasteiger charge is -2.00. The number of hydrogen-bond donors (Lipinski definition) is 1. The highest BCUT2D eigenvalue weighted by Gasteiger charge is 2.07. The van der Waals surface area contributed by atoms with Gasteiger partial charge in [-0.2, -0.15) is 0 Å². The van der Waals surface area contributed by atoms with Gasteiger partial charge in [0.15, 0.2) is 5.13 Å². The van der Waals surface area contributed by atoms with Gasteiger partial charge in [-0.15, -0.1) is 11.3 Å². The van der Waals surface area contributed by atoms with E-state index in [1.165, 1.54) is 16.0 Å². The monoisotopic (exact) mass is 288 g/mol. The molecule has 0 bridgehead atoms. The normalized spacial score (nSPS) is 10.5. The molecule has 1 amide bonds. The first kappa shape index (κ1) is 14.7. The molecule has 1 N–H and O–H groups in total. The van der Waals surface area contributed by atoms with E-state index in [0.29, 0.717) is 11.6 Å². The van der Waals surface area contributed by atoms with Crippen molar-refractivity contribution in [3.8, 4) is 0 Å². The highest BCUT2D eigenvalue weighted by atomic mass is 32.1. The fourth-order valence-corrected chi connectivity index (χ4v) is 2.85. The van der Waals surface area contributed by atoms with Gasteiger partial charge in [0.25, 0.3) is 0 Å². The van der Waals surface area contributed by atoms with Crippen LogP contribution in [0.2, 0.25) is 0 Å². The number of nitrogens with one attached hydrogen (secondary N) is 1. The van der Waals surface area contributed by atoms with Crippen molar-refractivity contribution in [3.05, 3.63) is 46.5 Å². The number of hydrogen-bond acceptors (Lipinski definition) is 3. The molecule has 1 aromatic carbocycles. The number of carbonyl (C=O) groups excluding carboxylic acids is 1. The highest BCUT2D eigenvalue weighted by Crippen LogP contribution is 2.21. The number of anilines is 1. The molecule has 4 heteroatoms. The third-order valence-corrected chi connectivity index (χ3v) is 3.93. The average Bonchev–Trinajstić information content (AvgIpc) is 2.83. The van der Waals surface area contributed by atoms with Gasteiger partial charge < -0.3 is 5.32 Å². The fourth-order valence-electron chi connectivity index (χ4n) is 1.99. The Morgan fingerprint density at radius 1 is 1.40 bits per heavy atom. The number of thiazole rings is 1. The summed E-state index contributed by atoms with van der Waals surface area (Å²) in [6.45, 7) is 4.17. The molecule has 0 radical (unpaired) electrons. The first-order valence-electron chi connectivity index (χ1n) is 6.97. The Morgan fingerprint density at radius 3 is 3.00 bits per heavy atom. The zero-order valence-electron chi connectivity index (χ0n) is 12.0. The fraction of sp³-hybridized carbons (Fsp3) is 0.375. The molecule has 0 aliphatic rings. The summed E-state index contributed by atoms with van der Waals surface area (Å²) >= 11 is 1.55. The van der Waals surface area contributed by atoms with Crippen molar-refractivity contribution in [2.24, 2.45) is 0 Å². The standard InChI is InChI=1S/C16H20N2OS/c1-3-4-8-15(19)18-16-17-11-14(20-16)10-13-7-5-6-12(2)9-13/h5-7,9,11H,3-4,8,10H2,1-2H3,(H,17,18,19). The maximum Gasteiger partial charge on any atom is 0.226 e. The van der Waals surface area contributed by atoms with E-state index < -0.39 is 0 Å². The molecule has 20 heavy (non-hydrogen) atoms. The van der Waals surface area contributed by atoms with E-state index >= 15 is 0 Å². The quantitative estimate of drug-likeness (QED) is 0.866. The van der Waals surface area contributed by atoms with Crippen molar-refractivity contribution in [3.63, 3.8) is 0 Å². The minimum atomic E-state index is 0.0586. The molecule has 1 heterocycles. The zero-order chi connectivity index (χ0) is 14.4. The van der Waals surface area contributed by atoms with Crippen LogP contribution in [0, 0.1) is 6.92 Å². The summed E-state index contributed by atoms with van der Waals surface area (Å²) in [5.74, 6) is 0.0586. The number of nitrogens with zero attached hydrogens (tertiary/aromatic N) is 1. The molecule has 0 spiro atoms. The zero-order valence-corrected chi connectivity index (χ0v) is 12.8. The summed E-state index contributed by atoms with van der Waals surface area (Å²) in [6, 6.07) is 8.46. The first-order valence-corrected chi connectivity index (χ1v) is 7.79. The minimum Gasteiger partial charge on any atom is -0.302 e. The molecule has 0 fully saturated rings. The third-order valence-electron chi connectivity index (χ3n) is 3.02. The molecule has 0 atom stereocenters. The van der Waals surface area contributed by atoms with Gasteiger partial charge in [-0.05, 0) is 18.9 Å². The molecule has 0 saturated heterocycles. The number of benzene rings is 1. The van der Waals surface area contributed by atoms with Crippen LogP contribution < -0.4 is 5.32 Å². The van der Waals surface area contributed by atoms with Crippen molar-refractivity contribution >= 4 is 22.4 Å². The van der Waals surface area contributed by atoms with Crippen molar-refractivity contribution in [1.29, 1.82) is 0 Å². The van der Waals surface area contributed by atoms with Crippen LogP contribution in [-0.4, -0.2) is 10.9 Å². The predicted octanol–water partition coefficient (Wildman–Crippen LogP) is 4.17. The molecule has 0 aliphatic heterocycles. The van der Waals surface area contributed by atoms with Crippen molar-refractivity contribution in [1.82, 2.24) is 4.98 Å². The molecule has 3 nitrogen and oxygen atoms in total. The lowest BCUT2D eigenvalue weighted by atomic mass is 10.1. The molecule has 1 aromatic heterocycles. The summed E-state index contributed by atoms with van der Waals surface area (Å²) in [5.41, 5.74) is 2.54. The van der Waals surface area contributed by atoms with E-state index in [2.05, 4.69) is 48.4 Å². The van der Waals surface area contributed by atoms with Gasteiger partial charge in [0.1, 0.15) is 0 Å². The average molecular weight is 288 g/mol. The molecule has 2 aromatic rings. The number of carbonyl (C=O) groups is 1. The van der Waals surface area contributed by atoms with E-state index in [9.17, 15) is 4.79 Å². The van der Waals surface area contributed by atoms with E-state index in [1.807, 2.05) is 6.20 Å². The van der Waals surface area contributed by atoms with Gasteiger partial charge in [-0.25, -0.2) is 4.98 Å². The Hall–Kier alpha value is -1.68. The highest BCUT2D eigenvalue weighted by molar-refractivity contribution is 7.15. The van der Waals surface area contributed by atoms with Gasteiger partial charge >= 0.3 is 0 Å². The second-order valence-corrected chi connectivity index (χ2v) is 6.06.